The first kappa shape index (κ1) is 28.1. The first-order valence-corrected chi connectivity index (χ1v) is 14.7. The van der Waals surface area contributed by atoms with Crippen LogP contribution in [0.15, 0.2) is 106 Å². The average Bonchev–Trinajstić information content (AvgIpc) is 3.57. The van der Waals surface area contributed by atoms with Crippen molar-refractivity contribution in [3.05, 3.63) is 122 Å². The number of benzene rings is 1. The zero-order chi connectivity index (χ0) is 29.2. The Morgan fingerprint density at radius 1 is 0.976 bits per heavy atom. The van der Waals surface area contributed by atoms with Gasteiger partial charge < -0.3 is 4.74 Å². The van der Waals surface area contributed by atoms with Gasteiger partial charge in [0.15, 0.2) is 11.3 Å². The highest BCUT2D eigenvalue weighted by Crippen LogP contribution is 2.48. The number of hydrogen-bond acceptors (Lipinski definition) is 6. The summed E-state index contributed by atoms with van der Waals surface area (Å²) in [4.78, 5) is 2.54. The Morgan fingerprint density at radius 2 is 1.71 bits per heavy atom. The summed E-state index contributed by atoms with van der Waals surface area (Å²) in [6.07, 6.45) is 13.4. The Hall–Kier alpha value is -4.48. The largest absolute Gasteiger partial charge is 0.446 e. The summed E-state index contributed by atoms with van der Waals surface area (Å²) in [6, 6.07) is 18.0. The van der Waals surface area contributed by atoms with E-state index in [1.807, 2.05) is 23.5 Å². The molecular weight excluding hydrogens is 550 g/mol. The fourth-order valence-corrected chi connectivity index (χ4v) is 7.47. The molecule has 1 atom stereocenters. The fraction of sp³-hybridized carbons (Fsp3) is 0.206. The molecule has 1 aromatic carbocycles. The summed E-state index contributed by atoms with van der Waals surface area (Å²) in [5.74, 6) is -2.86. The number of alkyl halides is 1. The minimum absolute atomic E-state index is 0.0346. The molecule has 2 aliphatic rings. The molecule has 41 heavy (non-hydrogen) atoms. The lowest BCUT2D eigenvalue weighted by molar-refractivity contribution is -0.0653. The van der Waals surface area contributed by atoms with E-state index >= 15 is 4.39 Å². The molecule has 0 N–H and O–H groups in total. The zero-order valence-electron chi connectivity index (χ0n) is 22.9. The number of ether oxygens (including phenoxy) is 1. The number of hydrogen-bond donors (Lipinski definition) is 0. The number of thiophene rings is 2. The molecule has 1 aliphatic carbocycles. The minimum atomic E-state index is -2.52. The monoisotopic (exact) mass is 575 g/mol. The van der Waals surface area contributed by atoms with E-state index in [-0.39, 0.29) is 27.9 Å². The molecule has 0 amide bonds. The summed E-state index contributed by atoms with van der Waals surface area (Å²) in [6.45, 7) is 6.57. The number of nitrogens with zero attached hydrogens (tertiary/aromatic N) is 3. The van der Waals surface area contributed by atoms with Crippen molar-refractivity contribution < 1.29 is 9.13 Å². The third-order valence-electron chi connectivity index (χ3n) is 6.91. The van der Waals surface area contributed by atoms with Crippen molar-refractivity contribution in [3.8, 4) is 18.2 Å². The molecule has 4 nitrogen and oxygen atoms in total. The molecule has 3 aromatic rings. The van der Waals surface area contributed by atoms with Crippen LogP contribution in [0.2, 0.25) is 0 Å². The van der Waals surface area contributed by atoms with Crippen LogP contribution in [0.1, 0.15) is 42.0 Å². The number of halogens is 1. The lowest BCUT2D eigenvalue weighted by Gasteiger charge is -2.30. The molecular formula is C34H26FN3OS2. The summed E-state index contributed by atoms with van der Waals surface area (Å²) >= 11 is 3.60. The second-order valence-corrected chi connectivity index (χ2v) is 13.2. The van der Waals surface area contributed by atoms with Crippen molar-refractivity contribution in [2.75, 3.05) is 0 Å². The van der Waals surface area contributed by atoms with E-state index in [2.05, 4.69) is 51.1 Å². The number of allylic oxidation sites excluding steroid dienone is 8. The lowest BCUT2D eigenvalue weighted by Crippen LogP contribution is -2.21. The molecule has 7 heteroatoms. The first-order valence-electron chi connectivity index (χ1n) is 13.0. The molecule has 0 spiro atoms. The summed E-state index contributed by atoms with van der Waals surface area (Å²) < 4.78 is 24.7. The SMILES string of the molecule is Cc1cc2sc(/C=C/C3=CC(=C/C=C/C4=C(C#N)C(=C(C#N)C#N)OC4(F)c4ccccc4)/CC(C)(C)C3)cc2s1. The number of aryl methyl sites for hydroxylation is 1. The summed E-state index contributed by atoms with van der Waals surface area (Å²) in [7, 11) is 0. The molecule has 0 saturated carbocycles. The van der Waals surface area contributed by atoms with Crippen molar-refractivity contribution in [3.63, 3.8) is 0 Å². The van der Waals surface area contributed by atoms with Crippen LogP contribution in [0.5, 0.6) is 0 Å². The predicted molar refractivity (Wildman–Crippen MR) is 163 cm³/mol. The smallest absolute Gasteiger partial charge is 0.302 e. The van der Waals surface area contributed by atoms with Crippen molar-refractivity contribution in [2.45, 2.75) is 39.5 Å². The number of rotatable bonds is 5. The second kappa shape index (κ2) is 11.2. The Kier molecular flexibility index (Phi) is 7.65. The van der Waals surface area contributed by atoms with Crippen molar-refractivity contribution in [1.82, 2.24) is 0 Å². The van der Waals surface area contributed by atoms with Crippen LogP contribution in [0.3, 0.4) is 0 Å². The van der Waals surface area contributed by atoms with E-state index < -0.39 is 11.4 Å². The molecule has 0 radical (unpaired) electrons. The molecule has 3 heterocycles. The fourth-order valence-electron chi connectivity index (χ4n) is 5.24. The van der Waals surface area contributed by atoms with Gasteiger partial charge >= 0.3 is 5.85 Å². The normalized spacial score (nSPS) is 21.2. The van der Waals surface area contributed by atoms with E-state index in [0.717, 1.165) is 18.4 Å². The molecule has 5 rings (SSSR count). The van der Waals surface area contributed by atoms with Gasteiger partial charge in [0.25, 0.3) is 0 Å². The minimum Gasteiger partial charge on any atom is -0.446 e. The van der Waals surface area contributed by atoms with Gasteiger partial charge in [0.1, 0.15) is 23.8 Å². The van der Waals surface area contributed by atoms with Crippen LogP contribution in [-0.2, 0) is 10.6 Å². The Labute approximate surface area is 247 Å². The molecule has 0 fully saturated rings. The van der Waals surface area contributed by atoms with E-state index in [1.165, 1.54) is 30.8 Å². The second-order valence-electron chi connectivity index (χ2n) is 10.8. The molecule has 2 aromatic heterocycles. The molecule has 1 unspecified atom stereocenters. The molecule has 0 saturated heterocycles. The van der Waals surface area contributed by atoms with Gasteiger partial charge in [-0.3, -0.25) is 0 Å². The van der Waals surface area contributed by atoms with Crippen molar-refractivity contribution in [2.24, 2.45) is 5.41 Å². The van der Waals surface area contributed by atoms with Crippen molar-refractivity contribution >= 4 is 38.1 Å². The highest BCUT2D eigenvalue weighted by atomic mass is 32.1. The van der Waals surface area contributed by atoms with Crippen LogP contribution in [0.25, 0.3) is 15.5 Å². The standard InChI is InChI=1S/C34H26FN3OS2/c1-22-14-30-31(40-22)16-27(41-30)13-12-24-15-23(17-33(2,3)18-24)8-7-11-29-28(21-38)32(25(19-36)20-37)39-34(29,35)26-9-5-4-6-10-26/h4-16H,17-18H2,1-3H3/b11-7+,13-12+,23-8-. The summed E-state index contributed by atoms with van der Waals surface area (Å²) in [5, 5.41) is 28.7. The van der Waals surface area contributed by atoms with Crippen LogP contribution < -0.4 is 0 Å². The Bertz CT molecular complexity index is 1790. The van der Waals surface area contributed by atoms with E-state index in [0.29, 0.717) is 0 Å². The van der Waals surface area contributed by atoms with E-state index in [1.54, 1.807) is 59.9 Å². The highest BCUT2D eigenvalue weighted by Gasteiger charge is 2.48. The van der Waals surface area contributed by atoms with Crippen molar-refractivity contribution in [1.29, 1.82) is 15.8 Å². The van der Waals surface area contributed by atoms with Gasteiger partial charge in [0, 0.05) is 24.7 Å². The van der Waals surface area contributed by atoms with Gasteiger partial charge in [-0.1, -0.05) is 74.6 Å². The highest BCUT2D eigenvalue weighted by molar-refractivity contribution is 7.28. The lowest BCUT2D eigenvalue weighted by atomic mass is 9.75. The van der Waals surface area contributed by atoms with Gasteiger partial charge in [0.05, 0.1) is 5.57 Å². The quantitative estimate of drug-likeness (QED) is 0.284. The molecule has 202 valence electrons. The van der Waals surface area contributed by atoms with Gasteiger partial charge in [-0.2, -0.15) is 20.2 Å². The van der Waals surface area contributed by atoms with Gasteiger partial charge in [0.2, 0.25) is 0 Å². The number of fused-ring (bicyclic) bond motifs is 1. The average molecular weight is 576 g/mol. The maximum Gasteiger partial charge on any atom is 0.302 e. The molecule has 0 bridgehead atoms. The zero-order valence-corrected chi connectivity index (χ0v) is 24.5. The predicted octanol–water partition coefficient (Wildman–Crippen LogP) is 9.49. The van der Waals surface area contributed by atoms with Gasteiger partial charge in [-0.05, 0) is 54.5 Å². The maximum atomic E-state index is 16.5. The van der Waals surface area contributed by atoms with E-state index in [9.17, 15) is 15.8 Å². The van der Waals surface area contributed by atoms with Crippen LogP contribution >= 0.6 is 22.7 Å². The third-order valence-corrected chi connectivity index (χ3v) is 9.09. The van der Waals surface area contributed by atoms with Gasteiger partial charge in [-0.15, -0.1) is 22.7 Å². The van der Waals surface area contributed by atoms with Crippen LogP contribution in [0.4, 0.5) is 4.39 Å². The van der Waals surface area contributed by atoms with Crippen LogP contribution in [-0.4, -0.2) is 0 Å². The Morgan fingerprint density at radius 3 is 2.39 bits per heavy atom. The number of nitriles is 3. The van der Waals surface area contributed by atoms with E-state index in [4.69, 9.17) is 4.74 Å². The first-order chi connectivity index (χ1) is 19.7. The molecule has 1 aliphatic heterocycles. The topological polar surface area (TPSA) is 80.6 Å². The summed E-state index contributed by atoms with van der Waals surface area (Å²) in [5.41, 5.74) is 1.82. The van der Waals surface area contributed by atoms with Crippen LogP contribution in [0, 0.1) is 46.3 Å². The van der Waals surface area contributed by atoms with Gasteiger partial charge in [-0.25, -0.2) is 0 Å². The Balaban J connectivity index is 1.49. The maximum absolute atomic E-state index is 16.5. The third kappa shape index (κ3) is 5.72.